The van der Waals surface area contributed by atoms with Gasteiger partial charge in [0.05, 0.1) is 6.54 Å². The van der Waals surface area contributed by atoms with Crippen molar-refractivity contribution in [3.05, 3.63) is 46.4 Å². The third-order valence-corrected chi connectivity index (χ3v) is 6.40. The van der Waals surface area contributed by atoms with Gasteiger partial charge in [0.25, 0.3) is 5.91 Å². The van der Waals surface area contributed by atoms with Crippen molar-refractivity contribution in [2.75, 3.05) is 20.1 Å². The standard InChI is InChI=1S/C19H25N3OS/c1-20-10-2-7-16(20)17-8-4-12-22(17)19(23)18-9-3-11-21(18)14-15-6-5-13-24-15/h3,5-6,9,11,13,16-17H,2,4,7-8,10,12,14H2,1H3. The molecule has 4 nitrogen and oxygen atoms in total. The number of carbonyl (C=O) groups is 1. The zero-order chi connectivity index (χ0) is 16.5. The van der Waals surface area contributed by atoms with Crippen LogP contribution in [0, 0.1) is 0 Å². The highest BCUT2D eigenvalue weighted by Gasteiger charge is 2.39. The van der Waals surface area contributed by atoms with Crippen molar-refractivity contribution in [1.29, 1.82) is 0 Å². The molecule has 2 aliphatic rings. The molecular formula is C19H25N3OS. The summed E-state index contributed by atoms with van der Waals surface area (Å²) in [5, 5.41) is 2.09. The Kier molecular flexibility index (Phi) is 4.46. The van der Waals surface area contributed by atoms with Gasteiger partial charge in [-0.05, 0) is 62.9 Å². The van der Waals surface area contributed by atoms with E-state index >= 15 is 0 Å². The molecule has 128 valence electrons. The molecule has 0 radical (unpaired) electrons. The first-order chi connectivity index (χ1) is 11.7. The van der Waals surface area contributed by atoms with E-state index < -0.39 is 0 Å². The summed E-state index contributed by atoms with van der Waals surface area (Å²) in [6.45, 7) is 2.85. The molecule has 0 aliphatic carbocycles. The number of likely N-dealkylation sites (N-methyl/N-ethyl adjacent to an activating group) is 1. The Balaban J connectivity index is 1.54. The molecule has 4 rings (SSSR count). The summed E-state index contributed by atoms with van der Waals surface area (Å²) >= 11 is 1.74. The molecule has 0 N–H and O–H groups in total. The normalized spacial score (nSPS) is 24.8. The Morgan fingerprint density at radius 1 is 1.17 bits per heavy atom. The Morgan fingerprint density at radius 3 is 2.75 bits per heavy atom. The van der Waals surface area contributed by atoms with E-state index in [0.717, 1.165) is 38.2 Å². The molecule has 0 saturated carbocycles. The topological polar surface area (TPSA) is 28.5 Å². The predicted molar refractivity (Wildman–Crippen MR) is 97.6 cm³/mol. The molecule has 2 fully saturated rings. The first-order valence-electron chi connectivity index (χ1n) is 8.93. The van der Waals surface area contributed by atoms with Crippen LogP contribution in [0.5, 0.6) is 0 Å². The fourth-order valence-electron chi connectivity index (χ4n) is 4.33. The van der Waals surface area contributed by atoms with E-state index in [-0.39, 0.29) is 5.91 Å². The molecule has 0 bridgehead atoms. The summed E-state index contributed by atoms with van der Waals surface area (Å²) in [4.78, 5) is 19.1. The van der Waals surface area contributed by atoms with Gasteiger partial charge in [0.15, 0.2) is 0 Å². The van der Waals surface area contributed by atoms with E-state index in [2.05, 4.69) is 38.9 Å². The molecule has 2 aromatic heterocycles. The molecular weight excluding hydrogens is 318 g/mol. The molecule has 0 spiro atoms. The molecule has 2 aliphatic heterocycles. The summed E-state index contributed by atoms with van der Waals surface area (Å²) in [6, 6.07) is 9.09. The van der Waals surface area contributed by atoms with Gasteiger partial charge in [-0.3, -0.25) is 4.79 Å². The van der Waals surface area contributed by atoms with Crippen LogP contribution in [0.4, 0.5) is 0 Å². The van der Waals surface area contributed by atoms with E-state index in [0.29, 0.717) is 12.1 Å². The average molecular weight is 343 g/mol. The minimum absolute atomic E-state index is 0.208. The Bertz CT molecular complexity index is 693. The fourth-order valence-corrected chi connectivity index (χ4v) is 5.03. The lowest BCUT2D eigenvalue weighted by molar-refractivity contribution is 0.0654. The quantitative estimate of drug-likeness (QED) is 0.852. The number of hydrogen-bond donors (Lipinski definition) is 0. The third kappa shape index (κ3) is 2.91. The van der Waals surface area contributed by atoms with Gasteiger partial charge >= 0.3 is 0 Å². The minimum Gasteiger partial charge on any atom is -0.338 e. The number of aromatic nitrogens is 1. The number of carbonyl (C=O) groups excluding carboxylic acids is 1. The number of likely N-dealkylation sites (tertiary alicyclic amines) is 2. The SMILES string of the molecule is CN1CCCC1C1CCCN1C(=O)c1cccn1Cc1cccs1. The second-order valence-electron chi connectivity index (χ2n) is 7.00. The molecule has 24 heavy (non-hydrogen) atoms. The lowest BCUT2D eigenvalue weighted by Gasteiger charge is -2.33. The summed E-state index contributed by atoms with van der Waals surface area (Å²) in [5.74, 6) is 0.208. The molecule has 5 heteroatoms. The molecule has 4 heterocycles. The van der Waals surface area contributed by atoms with Crippen LogP contribution in [0.25, 0.3) is 0 Å². The number of amides is 1. The van der Waals surface area contributed by atoms with Crippen molar-refractivity contribution in [2.24, 2.45) is 0 Å². The van der Waals surface area contributed by atoms with Gasteiger partial charge in [0, 0.05) is 29.7 Å². The molecule has 2 aromatic rings. The summed E-state index contributed by atoms with van der Waals surface area (Å²) in [5.41, 5.74) is 0.830. The Morgan fingerprint density at radius 2 is 2.00 bits per heavy atom. The zero-order valence-corrected chi connectivity index (χ0v) is 15.0. The van der Waals surface area contributed by atoms with E-state index in [9.17, 15) is 4.79 Å². The molecule has 1 amide bonds. The maximum Gasteiger partial charge on any atom is 0.270 e. The third-order valence-electron chi connectivity index (χ3n) is 5.54. The van der Waals surface area contributed by atoms with Gasteiger partial charge in [-0.2, -0.15) is 0 Å². The highest BCUT2D eigenvalue weighted by atomic mass is 32.1. The van der Waals surface area contributed by atoms with Crippen molar-refractivity contribution in [2.45, 2.75) is 44.3 Å². The van der Waals surface area contributed by atoms with Crippen LogP contribution in [-0.4, -0.2) is 52.5 Å². The second kappa shape index (κ2) is 6.73. The van der Waals surface area contributed by atoms with Crippen molar-refractivity contribution < 1.29 is 4.79 Å². The molecule has 2 atom stereocenters. The first kappa shape index (κ1) is 15.9. The number of thiophene rings is 1. The van der Waals surface area contributed by atoms with Crippen molar-refractivity contribution in [3.8, 4) is 0 Å². The fraction of sp³-hybridized carbons (Fsp3) is 0.526. The van der Waals surface area contributed by atoms with Crippen LogP contribution in [0.2, 0.25) is 0 Å². The van der Waals surface area contributed by atoms with Crippen LogP contribution < -0.4 is 0 Å². The largest absolute Gasteiger partial charge is 0.338 e. The smallest absolute Gasteiger partial charge is 0.270 e. The van der Waals surface area contributed by atoms with Gasteiger partial charge < -0.3 is 14.4 Å². The van der Waals surface area contributed by atoms with E-state index in [1.54, 1.807) is 11.3 Å². The van der Waals surface area contributed by atoms with Gasteiger partial charge in [-0.25, -0.2) is 0 Å². The predicted octanol–water partition coefficient (Wildman–Crippen LogP) is 3.30. The number of hydrogen-bond acceptors (Lipinski definition) is 3. The lowest BCUT2D eigenvalue weighted by atomic mass is 10.0. The average Bonchev–Trinajstić information content (AvgIpc) is 3.34. The summed E-state index contributed by atoms with van der Waals surface area (Å²) in [7, 11) is 2.21. The highest BCUT2D eigenvalue weighted by molar-refractivity contribution is 7.09. The lowest BCUT2D eigenvalue weighted by Crippen LogP contribution is -2.47. The maximum absolute atomic E-state index is 13.2. The van der Waals surface area contributed by atoms with Crippen LogP contribution in [-0.2, 0) is 6.54 Å². The van der Waals surface area contributed by atoms with Gasteiger partial charge in [-0.15, -0.1) is 11.3 Å². The van der Waals surface area contributed by atoms with Crippen LogP contribution in [0.1, 0.15) is 41.0 Å². The van der Waals surface area contributed by atoms with E-state index in [1.807, 2.05) is 18.3 Å². The van der Waals surface area contributed by atoms with Crippen LogP contribution in [0.3, 0.4) is 0 Å². The number of rotatable bonds is 4. The van der Waals surface area contributed by atoms with Gasteiger partial charge in [-0.1, -0.05) is 6.07 Å². The molecule has 2 unspecified atom stereocenters. The monoisotopic (exact) mass is 343 g/mol. The molecule has 0 aromatic carbocycles. The summed E-state index contributed by atoms with van der Waals surface area (Å²) in [6.07, 6.45) is 6.79. The minimum atomic E-state index is 0.208. The molecule has 2 saturated heterocycles. The maximum atomic E-state index is 13.2. The van der Waals surface area contributed by atoms with Crippen molar-refractivity contribution >= 4 is 17.2 Å². The van der Waals surface area contributed by atoms with Crippen LogP contribution in [0.15, 0.2) is 35.8 Å². The van der Waals surface area contributed by atoms with Gasteiger partial charge in [0.1, 0.15) is 5.69 Å². The van der Waals surface area contributed by atoms with E-state index in [4.69, 9.17) is 0 Å². The Labute approximate surface area is 147 Å². The zero-order valence-electron chi connectivity index (χ0n) is 14.2. The van der Waals surface area contributed by atoms with Crippen LogP contribution >= 0.6 is 11.3 Å². The number of nitrogens with zero attached hydrogens (tertiary/aromatic N) is 3. The van der Waals surface area contributed by atoms with Gasteiger partial charge in [0.2, 0.25) is 0 Å². The first-order valence-corrected chi connectivity index (χ1v) is 9.81. The van der Waals surface area contributed by atoms with Crippen molar-refractivity contribution in [1.82, 2.24) is 14.4 Å². The second-order valence-corrected chi connectivity index (χ2v) is 8.03. The summed E-state index contributed by atoms with van der Waals surface area (Å²) < 4.78 is 2.10. The Hall–Kier alpha value is -1.59. The van der Waals surface area contributed by atoms with Crippen molar-refractivity contribution in [3.63, 3.8) is 0 Å². The van der Waals surface area contributed by atoms with E-state index in [1.165, 1.54) is 17.7 Å². The highest BCUT2D eigenvalue weighted by Crippen LogP contribution is 2.30.